The summed E-state index contributed by atoms with van der Waals surface area (Å²) in [6.07, 6.45) is 0. The summed E-state index contributed by atoms with van der Waals surface area (Å²) in [6.45, 7) is 3.99. The van der Waals surface area contributed by atoms with E-state index in [9.17, 15) is 4.79 Å². The van der Waals surface area contributed by atoms with Crippen LogP contribution in [0.4, 0.5) is 0 Å². The largest absolute Gasteiger partial charge is 0.497 e. The number of hydrogen-bond donors (Lipinski definition) is 0. The van der Waals surface area contributed by atoms with E-state index in [4.69, 9.17) is 14.2 Å². The van der Waals surface area contributed by atoms with Crippen molar-refractivity contribution in [3.63, 3.8) is 0 Å². The number of carbonyl (C=O) groups excluding carboxylic acids is 1. The van der Waals surface area contributed by atoms with Gasteiger partial charge in [0.25, 0.3) is 0 Å². The first kappa shape index (κ1) is 15.9. The van der Waals surface area contributed by atoms with E-state index in [-0.39, 0.29) is 5.92 Å². The topological polar surface area (TPSA) is 44.8 Å². The Bertz CT molecular complexity index is 788. The second-order valence-electron chi connectivity index (χ2n) is 5.37. The SMILES string of the molecule is C=C1OC(c2ccc(OC)cc2)=C(C(=O)OC)[C@H]1c1ccccc1. The van der Waals surface area contributed by atoms with E-state index in [1.807, 2.05) is 54.6 Å². The minimum atomic E-state index is -0.423. The summed E-state index contributed by atoms with van der Waals surface area (Å²) in [4.78, 5) is 12.4. The van der Waals surface area contributed by atoms with Gasteiger partial charge < -0.3 is 14.2 Å². The Kier molecular flexibility index (Phi) is 4.38. The van der Waals surface area contributed by atoms with Gasteiger partial charge in [0.2, 0.25) is 0 Å². The van der Waals surface area contributed by atoms with Gasteiger partial charge in [-0.25, -0.2) is 4.79 Å². The number of benzene rings is 2. The Balaban J connectivity index is 2.12. The van der Waals surface area contributed by atoms with Crippen molar-refractivity contribution in [3.05, 3.63) is 83.6 Å². The van der Waals surface area contributed by atoms with E-state index in [0.717, 1.165) is 16.9 Å². The van der Waals surface area contributed by atoms with E-state index < -0.39 is 5.97 Å². The molecule has 0 saturated carbocycles. The van der Waals surface area contributed by atoms with Crippen molar-refractivity contribution in [1.29, 1.82) is 0 Å². The number of methoxy groups -OCH3 is 2. The van der Waals surface area contributed by atoms with Crippen LogP contribution in [-0.4, -0.2) is 20.2 Å². The molecular formula is C20H18O4. The molecule has 24 heavy (non-hydrogen) atoms. The van der Waals surface area contributed by atoms with E-state index in [0.29, 0.717) is 17.1 Å². The number of carbonyl (C=O) groups is 1. The normalized spacial score (nSPS) is 16.8. The molecular weight excluding hydrogens is 304 g/mol. The average molecular weight is 322 g/mol. The first-order valence-corrected chi connectivity index (χ1v) is 7.54. The quantitative estimate of drug-likeness (QED) is 0.801. The molecule has 0 aliphatic carbocycles. The van der Waals surface area contributed by atoms with Crippen LogP contribution in [0.3, 0.4) is 0 Å². The third-order valence-electron chi connectivity index (χ3n) is 3.98. The summed E-state index contributed by atoms with van der Waals surface area (Å²) < 4.78 is 16.0. The van der Waals surface area contributed by atoms with Gasteiger partial charge in [0.1, 0.15) is 17.3 Å². The van der Waals surface area contributed by atoms with E-state index in [2.05, 4.69) is 6.58 Å². The molecule has 1 aliphatic heterocycles. The van der Waals surface area contributed by atoms with Crippen molar-refractivity contribution < 1.29 is 19.0 Å². The minimum absolute atomic E-state index is 0.351. The molecule has 0 fully saturated rings. The molecule has 0 spiro atoms. The molecule has 122 valence electrons. The highest BCUT2D eigenvalue weighted by atomic mass is 16.5. The molecule has 2 aromatic carbocycles. The number of ether oxygens (including phenoxy) is 3. The number of hydrogen-bond acceptors (Lipinski definition) is 4. The number of allylic oxidation sites excluding steroid dienone is 1. The maximum atomic E-state index is 12.4. The maximum Gasteiger partial charge on any atom is 0.338 e. The Hall–Kier alpha value is -3.01. The molecule has 0 radical (unpaired) electrons. The van der Waals surface area contributed by atoms with Gasteiger partial charge in [-0.15, -0.1) is 0 Å². The molecule has 0 N–H and O–H groups in total. The monoisotopic (exact) mass is 322 g/mol. The van der Waals surface area contributed by atoms with Crippen LogP contribution in [0.5, 0.6) is 5.75 Å². The average Bonchev–Trinajstić information content (AvgIpc) is 2.99. The van der Waals surface area contributed by atoms with Crippen LogP contribution in [0.15, 0.2) is 72.5 Å². The molecule has 2 aromatic rings. The molecule has 0 amide bonds. The Labute approximate surface area is 141 Å². The molecule has 3 rings (SSSR count). The molecule has 0 saturated heterocycles. The van der Waals surface area contributed by atoms with Crippen molar-refractivity contribution in [2.75, 3.05) is 14.2 Å². The van der Waals surface area contributed by atoms with Crippen LogP contribution in [0, 0.1) is 0 Å². The lowest BCUT2D eigenvalue weighted by Gasteiger charge is -2.12. The van der Waals surface area contributed by atoms with Crippen LogP contribution < -0.4 is 4.74 Å². The Morgan fingerprint density at radius 2 is 1.71 bits per heavy atom. The van der Waals surface area contributed by atoms with Crippen LogP contribution >= 0.6 is 0 Å². The third-order valence-corrected chi connectivity index (χ3v) is 3.98. The third kappa shape index (κ3) is 2.78. The highest BCUT2D eigenvalue weighted by Crippen LogP contribution is 2.45. The summed E-state index contributed by atoms with van der Waals surface area (Å²) in [7, 11) is 2.97. The summed E-state index contributed by atoms with van der Waals surface area (Å²) in [5.74, 6) is 0.940. The lowest BCUT2D eigenvalue weighted by atomic mass is 9.89. The van der Waals surface area contributed by atoms with Gasteiger partial charge in [0.15, 0.2) is 0 Å². The van der Waals surface area contributed by atoms with Crippen molar-refractivity contribution in [2.45, 2.75) is 5.92 Å². The number of esters is 1. The van der Waals surface area contributed by atoms with E-state index in [1.54, 1.807) is 7.11 Å². The fourth-order valence-electron chi connectivity index (χ4n) is 2.81. The Morgan fingerprint density at radius 1 is 1.04 bits per heavy atom. The van der Waals surface area contributed by atoms with Crippen LogP contribution in [0.25, 0.3) is 5.76 Å². The first-order chi connectivity index (χ1) is 11.7. The summed E-state index contributed by atoms with van der Waals surface area (Å²) in [5.41, 5.74) is 2.17. The molecule has 4 nitrogen and oxygen atoms in total. The predicted octanol–water partition coefficient (Wildman–Crippen LogP) is 3.91. The second-order valence-corrected chi connectivity index (χ2v) is 5.37. The van der Waals surface area contributed by atoms with Crippen molar-refractivity contribution >= 4 is 11.7 Å². The molecule has 1 atom stereocenters. The summed E-state index contributed by atoms with van der Waals surface area (Å²) in [5, 5.41) is 0. The zero-order chi connectivity index (χ0) is 17.1. The van der Waals surface area contributed by atoms with Gasteiger partial charge in [0.05, 0.1) is 25.7 Å². The lowest BCUT2D eigenvalue weighted by Crippen LogP contribution is -2.12. The Morgan fingerprint density at radius 3 is 2.29 bits per heavy atom. The van der Waals surface area contributed by atoms with E-state index in [1.165, 1.54) is 7.11 Å². The fraction of sp³-hybridized carbons (Fsp3) is 0.150. The van der Waals surface area contributed by atoms with Crippen LogP contribution in [0.1, 0.15) is 17.0 Å². The van der Waals surface area contributed by atoms with Gasteiger partial charge in [-0.2, -0.15) is 0 Å². The lowest BCUT2D eigenvalue weighted by molar-refractivity contribution is -0.136. The zero-order valence-electron chi connectivity index (χ0n) is 13.6. The zero-order valence-corrected chi connectivity index (χ0v) is 13.6. The van der Waals surface area contributed by atoms with Crippen molar-refractivity contribution in [1.82, 2.24) is 0 Å². The molecule has 1 aliphatic rings. The molecule has 4 heteroatoms. The number of rotatable bonds is 4. The smallest absolute Gasteiger partial charge is 0.338 e. The molecule has 1 heterocycles. The molecule has 0 unspecified atom stereocenters. The highest BCUT2D eigenvalue weighted by molar-refractivity contribution is 6.00. The van der Waals surface area contributed by atoms with Crippen molar-refractivity contribution in [2.24, 2.45) is 0 Å². The minimum Gasteiger partial charge on any atom is -0.497 e. The predicted molar refractivity (Wildman–Crippen MR) is 91.3 cm³/mol. The van der Waals surface area contributed by atoms with Crippen LogP contribution in [-0.2, 0) is 14.3 Å². The van der Waals surface area contributed by atoms with Gasteiger partial charge in [0, 0.05) is 5.56 Å². The van der Waals surface area contributed by atoms with Gasteiger partial charge in [-0.05, 0) is 29.8 Å². The maximum absolute atomic E-state index is 12.4. The van der Waals surface area contributed by atoms with Crippen molar-refractivity contribution in [3.8, 4) is 5.75 Å². The van der Waals surface area contributed by atoms with Gasteiger partial charge in [-0.1, -0.05) is 36.9 Å². The first-order valence-electron chi connectivity index (χ1n) is 7.54. The van der Waals surface area contributed by atoms with Gasteiger partial charge >= 0.3 is 5.97 Å². The second kappa shape index (κ2) is 6.62. The molecule has 0 aromatic heterocycles. The highest BCUT2D eigenvalue weighted by Gasteiger charge is 2.38. The summed E-state index contributed by atoms with van der Waals surface area (Å²) in [6, 6.07) is 17.0. The van der Waals surface area contributed by atoms with Crippen LogP contribution in [0.2, 0.25) is 0 Å². The van der Waals surface area contributed by atoms with E-state index >= 15 is 0 Å². The summed E-state index contributed by atoms with van der Waals surface area (Å²) >= 11 is 0. The standard InChI is InChI=1S/C20H18O4/c1-13-17(14-7-5-4-6-8-14)18(20(21)23-3)19(24-13)15-9-11-16(22-2)12-10-15/h4-12,17H,1H2,2-3H3/t17-/m1/s1. The molecule has 0 bridgehead atoms. The van der Waals surface area contributed by atoms with Gasteiger partial charge in [-0.3, -0.25) is 0 Å². The fourth-order valence-corrected chi connectivity index (χ4v) is 2.81.